The molecule has 0 amide bonds. The number of benzene rings is 8. The number of fused-ring (bicyclic) bond motifs is 9. The van der Waals surface area contributed by atoms with Crippen molar-refractivity contribution >= 4 is 112 Å². The largest absolute Gasteiger partial charge is 0.310 e. The van der Waals surface area contributed by atoms with Gasteiger partial charge in [-0.05, 0) is 82.6 Å². The van der Waals surface area contributed by atoms with Gasteiger partial charge in [0.2, 0.25) is 0 Å². The molecular weight excluding hydrogens is 689 g/mol. The number of hydrogen-bond acceptors (Lipinski definition) is 5. The van der Waals surface area contributed by atoms with E-state index in [0.717, 1.165) is 27.5 Å². The Bertz CT molecular complexity index is 3130. The summed E-state index contributed by atoms with van der Waals surface area (Å²) in [7, 11) is 0. The molecule has 2 nitrogen and oxygen atoms in total. The Balaban J connectivity index is 1.14. The first-order chi connectivity index (χ1) is 25.8. The summed E-state index contributed by atoms with van der Waals surface area (Å²) in [6.07, 6.45) is 0. The van der Waals surface area contributed by atoms with Gasteiger partial charge in [-0.3, -0.25) is 0 Å². The molecule has 0 aliphatic rings. The normalized spacial score (nSPS) is 11.8. The highest BCUT2D eigenvalue weighted by atomic mass is 32.1. The van der Waals surface area contributed by atoms with E-state index in [1.807, 2.05) is 22.7 Å². The number of anilines is 3. The summed E-state index contributed by atoms with van der Waals surface area (Å²) >= 11 is 5.48. The second kappa shape index (κ2) is 11.9. The van der Waals surface area contributed by atoms with Gasteiger partial charge in [-0.2, -0.15) is 0 Å². The van der Waals surface area contributed by atoms with Crippen molar-refractivity contribution in [1.82, 2.24) is 4.98 Å². The van der Waals surface area contributed by atoms with Gasteiger partial charge in [0.25, 0.3) is 0 Å². The SMILES string of the molecule is c1ccc(-c2nc3c(ccc4sc5ccc(N(c6ccc(-c7cccc8ccccc78)cc6)c6cccc7sc8ccccc8c67)cc5c43)s2)cc1. The monoisotopic (exact) mass is 716 g/mol. The summed E-state index contributed by atoms with van der Waals surface area (Å²) < 4.78 is 6.34. The molecule has 0 aliphatic heterocycles. The van der Waals surface area contributed by atoms with Gasteiger partial charge < -0.3 is 4.90 Å². The van der Waals surface area contributed by atoms with Crippen molar-refractivity contribution in [3.63, 3.8) is 0 Å². The fourth-order valence-electron chi connectivity index (χ4n) is 7.72. The minimum Gasteiger partial charge on any atom is -0.310 e. The lowest BCUT2D eigenvalue weighted by Gasteiger charge is -2.27. The zero-order valence-corrected chi connectivity index (χ0v) is 30.2. The molecule has 0 radical (unpaired) electrons. The van der Waals surface area contributed by atoms with Gasteiger partial charge in [-0.25, -0.2) is 4.98 Å². The number of hydrogen-bond donors (Lipinski definition) is 0. The topological polar surface area (TPSA) is 16.1 Å². The van der Waals surface area contributed by atoms with Crippen LogP contribution in [0.2, 0.25) is 0 Å². The summed E-state index contributed by atoms with van der Waals surface area (Å²) in [5, 5.41) is 8.63. The maximum atomic E-state index is 5.27. The van der Waals surface area contributed by atoms with Gasteiger partial charge in [-0.15, -0.1) is 34.0 Å². The first-order valence-corrected chi connectivity index (χ1v) is 19.8. The minimum atomic E-state index is 1.06. The minimum absolute atomic E-state index is 1.06. The molecule has 0 saturated carbocycles. The van der Waals surface area contributed by atoms with Crippen molar-refractivity contribution in [1.29, 1.82) is 0 Å². The average molecular weight is 717 g/mol. The van der Waals surface area contributed by atoms with Crippen LogP contribution in [-0.2, 0) is 0 Å². The van der Waals surface area contributed by atoms with Crippen LogP contribution in [0.1, 0.15) is 0 Å². The Morgan fingerprint density at radius 1 is 0.404 bits per heavy atom. The molecule has 244 valence electrons. The van der Waals surface area contributed by atoms with E-state index in [1.54, 1.807) is 11.3 Å². The van der Waals surface area contributed by atoms with Crippen LogP contribution < -0.4 is 4.90 Å². The molecule has 52 heavy (non-hydrogen) atoms. The lowest BCUT2D eigenvalue weighted by molar-refractivity contribution is 1.31. The van der Waals surface area contributed by atoms with Gasteiger partial charge in [0.05, 0.1) is 15.9 Å². The van der Waals surface area contributed by atoms with Crippen molar-refractivity contribution in [2.75, 3.05) is 4.90 Å². The molecule has 0 aliphatic carbocycles. The van der Waals surface area contributed by atoms with E-state index in [4.69, 9.17) is 4.98 Å². The molecule has 0 N–H and O–H groups in total. The summed E-state index contributed by atoms with van der Waals surface area (Å²) in [4.78, 5) is 7.72. The van der Waals surface area contributed by atoms with E-state index in [2.05, 4.69) is 175 Å². The Kier molecular flexibility index (Phi) is 6.80. The second-order valence-electron chi connectivity index (χ2n) is 13.1. The third-order valence-electron chi connectivity index (χ3n) is 10.1. The van der Waals surface area contributed by atoms with E-state index >= 15 is 0 Å². The molecule has 11 aromatic rings. The molecule has 3 aromatic heterocycles. The standard InChI is InChI=1S/C47H28N2S3/c1-2-11-31(12-3-1)47-48-46-43(52-47)27-26-42-45(46)37-28-33(24-25-40(37)51-42)49(38-17-9-19-41-44(38)36-15-6-7-18-39(36)50-41)32-22-20-30(21-23-32)35-16-8-13-29-10-4-5-14-34(29)35/h1-28H. The van der Waals surface area contributed by atoms with Crippen LogP contribution >= 0.6 is 34.0 Å². The molecule has 11 rings (SSSR count). The Labute approximate surface area is 312 Å². The zero-order chi connectivity index (χ0) is 34.2. The quantitative estimate of drug-likeness (QED) is 0.176. The number of thiazole rings is 1. The van der Waals surface area contributed by atoms with E-state index in [-0.39, 0.29) is 0 Å². The lowest BCUT2D eigenvalue weighted by Crippen LogP contribution is -2.10. The van der Waals surface area contributed by atoms with Crippen LogP contribution in [0.15, 0.2) is 170 Å². The molecule has 3 heterocycles. The van der Waals surface area contributed by atoms with Crippen LogP contribution in [-0.4, -0.2) is 4.98 Å². The van der Waals surface area contributed by atoms with Crippen molar-refractivity contribution in [2.45, 2.75) is 0 Å². The Morgan fingerprint density at radius 3 is 1.94 bits per heavy atom. The van der Waals surface area contributed by atoms with Gasteiger partial charge in [0.1, 0.15) is 5.01 Å². The molecule has 0 spiro atoms. The highest BCUT2D eigenvalue weighted by molar-refractivity contribution is 7.27. The summed E-state index contributed by atoms with van der Waals surface area (Å²) in [5.74, 6) is 0. The van der Waals surface area contributed by atoms with Crippen molar-refractivity contribution in [3.05, 3.63) is 170 Å². The van der Waals surface area contributed by atoms with Crippen LogP contribution in [0.25, 0.3) is 83.0 Å². The molecule has 0 fully saturated rings. The molecule has 0 saturated heterocycles. The summed E-state index contributed by atoms with van der Waals surface area (Å²) in [5.41, 5.74) is 8.12. The van der Waals surface area contributed by atoms with Crippen molar-refractivity contribution in [2.24, 2.45) is 0 Å². The highest BCUT2D eigenvalue weighted by Gasteiger charge is 2.21. The number of thiophene rings is 2. The molecule has 0 bridgehead atoms. The van der Waals surface area contributed by atoms with Crippen LogP contribution in [0.4, 0.5) is 17.1 Å². The fourth-order valence-corrected chi connectivity index (χ4v) is 10.9. The van der Waals surface area contributed by atoms with Crippen LogP contribution in [0.3, 0.4) is 0 Å². The summed E-state index contributed by atoms with van der Waals surface area (Å²) in [6, 6.07) is 61.9. The molecule has 8 aromatic carbocycles. The predicted octanol–water partition coefficient (Wildman–Crippen LogP) is 15.0. The number of aromatic nitrogens is 1. The van der Waals surface area contributed by atoms with Crippen LogP contribution in [0, 0.1) is 0 Å². The first kappa shape index (κ1) is 29.8. The van der Waals surface area contributed by atoms with Crippen molar-refractivity contribution < 1.29 is 0 Å². The highest BCUT2D eigenvalue weighted by Crippen LogP contribution is 2.48. The molecule has 0 atom stereocenters. The van der Waals surface area contributed by atoms with E-state index in [9.17, 15) is 0 Å². The summed E-state index contributed by atoms with van der Waals surface area (Å²) in [6.45, 7) is 0. The van der Waals surface area contributed by atoms with Gasteiger partial charge in [0.15, 0.2) is 0 Å². The predicted molar refractivity (Wildman–Crippen MR) is 228 cm³/mol. The first-order valence-electron chi connectivity index (χ1n) is 17.4. The van der Waals surface area contributed by atoms with E-state index < -0.39 is 0 Å². The van der Waals surface area contributed by atoms with Gasteiger partial charge in [-0.1, -0.05) is 109 Å². The third kappa shape index (κ3) is 4.71. The Hall–Kier alpha value is -5.85. The van der Waals surface area contributed by atoms with Gasteiger partial charge in [0, 0.05) is 57.3 Å². The fraction of sp³-hybridized carbons (Fsp3) is 0. The molecule has 5 heteroatoms. The maximum Gasteiger partial charge on any atom is 0.124 e. The molecular formula is C47H28N2S3. The number of nitrogens with zero attached hydrogens (tertiary/aromatic N) is 2. The average Bonchev–Trinajstić information content (AvgIpc) is 3.92. The smallest absolute Gasteiger partial charge is 0.124 e. The zero-order valence-electron chi connectivity index (χ0n) is 27.8. The van der Waals surface area contributed by atoms with Crippen molar-refractivity contribution in [3.8, 4) is 21.7 Å². The number of rotatable bonds is 5. The Morgan fingerprint density at radius 2 is 1.06 bits per heavy atom. The van der Waals surface area contributed by atoms with Gasteiger partial charge >= 0.3 is 0 Å². The molecule has 0 unspecified atom stereocenters. The lowest BCUT2D eigenvalue weighted by atomic mass is 9.98. The third-order valence-corrected chi connectivity index (χ3v) is 13.4. The maximum absolute atomic E-state index is 5.27. The van der Waals surface area contributed by atoms with E-state index in [0.29, 0.717) is 0 Å². The second-order valence-corrected chi connectivity index (χ2v) is 16.3. The van der Waals surface area contributed by atoms with Crippen LogP contribution in [0.5, 0.6) is 0 Å². The van der Waals surface area contributed by atoms with E-state index in [1.165, 1.54) is 72.6 Å².